The van der Waals surface area contributed by atoms with E-state index in [0.29, 0.717) is 18.1 Å². The largest absolute Gasteiger partial charge is 0.535 e. The summed E-state index contributed by atoms with van der Waals surface area (Å²) in [5, 5.41) is 27.2. The number of carboxylic acid groups (broad SMARTS) is 1. The van der Waals surface area contributed by atoms with Crippen LogP contribution in [0.15, 0.2) is 17.0 Å². The molecule has 3 aliphatic rings. The molecule has 0 bridgehead atoms. The first-order valence-corrected chi connectivity index (χ1v) is 8.68. The van der Waals surface area contributed by atoms with Gasteiger partial charge in [0.2, 0.25) is 0 Å². The Morgan fingerprint density at radius 1 is 1.42 bits per heavy atom. The predicted octanol–water partition coefficient (Wildman–Crippen LogP) is 1.16. The Morgan fingerprint density at radius 3 is 2.92 bits per heavy atom. The molecule has 5 N–H and O–H groups in total. The number of thioether (sulfide) groups is 1. The number of benzene rings is 1. The van der Waals surface area contributed by atoms with Crippen molar-refractivity contribution in [1.29, 1.82) is 5.41 Å². The van der Waals surface area contributed by atoms with Gasteiger partial charge in [0, 0.05) is 16.0 Å². The Balaban J connectivity index is 1.70. The lowest BCUT2D eigenvalue weighted by atomic mass is 9.77. The van der Waals surface area contributed by atoms with Crippen LogP contribution in [0.2, 0.25) is 5.82 Å². The highest BCUT2D eigenvalue weighted by atomic mass is 32.2. The lowest BCUT2D eigenvalue weighted by Crippen LogP contribution is -2.30. The summed E-state index contributed by atoms with van der Waals surface area (Å²) in [6, 6.07) is 3.68. The maximum absolute atomic E-state index is 11.8. The molecule has 4 unspecified atom stereocenters. The molecule has 2 aliphatic heterocycles. The topological polar surface area (TPSA) is 126 Å². The molecule has 2 fully saturated rings. The van der Waals surface area contributed by atoms with Gasteiger partial charge in [0.1, 0.15) is 11.3 Å². The summed E-state index contributed by atoms with van der Waals surface area (Å²) in [4.78, 5) is 12.4. The van der Waals surface area contributed by atoms with Crippen LogP contribution in [0.5, 0.6) is 5.75 Å². The van der Waals surface area contributed by atoms with Gasteiger partial charge in [-0.3, -0.25) is 5.41 Å². The minimum atomic E-state index is -1.08. The van der Waals surface area contributed by atoms with E-state index in [0.717, 1.165) is 12.0 Å². The zero-order chi connectivity index (χ0) is 17.0. The van der Waals surface area contributed by atoms with E-state index in [2.05, 4.69) is 0 Å². The molecule has 0 radical (unpaired) electrons. The fourth-order valence-corrected chi connectivity index (χ4v) is 4.82. The van der Waals surface area contributed by atoms with E-state index in [-0.39, 0.29) is 40.1 Å². The van der Waals surface area contributed by atoms with Gasteiger partial charge < -0.3 is 25.3 Å². The first-order chi connectivity index (χ1) is 11.5. The molecule has 0 amide bonds. The number of amidine groups is 1. The van der Waals surface area contributed by atoms with Crippen molar-refractivity contribution in [2.24, 2.45) is 11.7 Å². The summed E-state index contributed by atoms with van der Waals surface area (Å²) in [7, 11) is -0.944. The maximum Gasteiger partial charge on any atom is 0.526 e. The van der Waals surface area contributed by atoms with E-state index < -0.39 is 13.1 Å². The van der Waals surface area contributed by atoms with E-state index in [4.69, 9.17) is 20.5 Å². The number of nitrogens with one attached hydrogen (secondary N) is 1. The third-order valence-electron chi connectivity index (χ3n) is 4.91. The van der Waals surface area contributed by atoms with E-state index in [1.54, 1.807) is 6.07 Å². The number of hydrogen-bond acceptors (Lipinski definition) is 6. The predicted molar refractivity (Wildman–Crippen MR) is 89.0 cm³/mol. The van der Waals surface area contributed by atoms with Gasteiger partial charge in [-0.05, 0) is 24.0 Å². The molecule has 1 aliphatic carbocycles. The summed E-state index contributed by atoms with van der Waals surface area (Å²) in [5.74, 6) is -0.737. The van der Waals surface area contributed by atoms with Crippen molar-refractivity contribution in [3.63, 3.8) is 0 Å². The van der Waals surface area contributed by atoms with Gasteiger partial charge in [0.05, 0.1) is 25.0 Å². The molecular formula is C15H17BN2O5S. The van der Waals surface area contributed by atoms with Crippen LogP contribution in [-0.2, 0) is 4.74 Å². The molecule has 126 valence electrons. The minimum absolute atomic E-state index is 0.0485. The molecule has 24 heavy (non-hydrogen) atoms. The minimum Gasteiger partial charge on any atom is -0.535 e. The molecule has 2 heterocycles. The van der Waals surface area contributed by atoms with Gasteiger partial charge >= 0.3 is 13.1 Å². The van der Waals surface area contributed by atoms with Gasteiger partial charge in [0.25, 0.3) is 0 Å². The fraction of sp³-hybridized carbons (Fsp3) is 0.467. The van der Waals surface area contributed by atoms with Gasteiger partial charge in [-0.25, -0.2) is 4.79 Å². The Labute approximate surface area is 143 Å². The van der Waals surface area contributed by atoms with Crippen LogP contribution in [0.3, 0.4) is 0 Å². The molecule has 9 heteroatoms. The van der Waals surface area contributed by atoms with Crippen LogP contribution in [0.4, 0.5) is 0 Å². The summed E-state index contributed by atoms with van der Waals surface area (Å²) in [6.45, 7) is 0.790. The Morgan fingerprint density at radius 2 is 2.21 bits per heavy atom. The highest BCUT2D eigenvalue weighted by Crippen LogP contribution is 2.60. The van der Waals surface area contributed by atoms with Crippen LogP contribution in [0.25, 0.3) is 0 Å². The van der Waals surface area contributed by atoms with Crippen molar-refractivity contribution in [3.05, 3.63) is 23.3 Å². The highest BCUT2D eigenvalue weighted by molar-refractivity contribution is 8.00. The van der Waals surface area contributed by atoms with Crippen LogP contribution < -0.4 is 10.4 Å². The van der Waals surface area contributed by atoms with Crippen LogP contribution in [-0.4, -0.2) is 47.5 Å². The van der Waals surface area contributed by atoms with Crippen molar-refractivity contribution in [1.82, 2.24) is 0 Å². The van der Waals surface area contributed by atoms with E-state index >= 15 is 0 Å². The molecule has 4 rings (SSSR count). The number of rotatable bonds is 4. The van der Waals surface area contributed by atoms with Gasteiger partial charge in [-0.15, -0.1) is 11.8 Å². The van der Waals surface area contributed by atoms with Crippen LogP contribution in [0.1, 0.15) is 28.3 Å². The zero-order valence-corrected chi connectivity index (χ0v) is 13.6. The average Bonchev–Trinajstić information content (AvgIpc) is 3.19. The number of nitrogens with two attached hydrogens (primary N) is 1. The van der Waals surface area contributed by atoms with Gasteiger partial charge in [0.15, 0.2) is 0 Å². The van der Waals surface area contributed by atoms with Crippen LogP contribution >= 0.6 is 11.8 Å². The Kier molecular flexibility index (Phi) is 3.74. The summed E-state index contributed by atoms with van der Waals surface area (Å²) in [6.07, 6.45) is 0.822. The smallest absolute Gasteiger partial charge is 0.526 e. The molecule has 1 saturated carbocycles. The zero-order valence-electron chi connectivity index (χ0n) is 12.8. The highest BCUT2D eigenvalue weighted by Gasteiger charge is 2.54. The molecule has 0 aromatic heterocycles. The molecule has 7 nitrogen and oxygen atoms in total. The molecule has 4 atom stereocenters. The van der Waals surface area contributed by atoms with Crippen molar-refractivity contribution >= 4 is 30.7 Å². The van der Waals surface area contributed by atoms with E-state index in [1.165, 1.54) is 11.8 Å². The maximum atomic E-state index is 11.8. The second kappa shape index (κ2) is 5.68. The number of hydrogen-bond donors (Lipinski definition) is 4. The van der Waals surface area contributed by atoms with Crippen LogP contribution in [0, 0.1) is 11.3 Å². The normalized spacial score (nSPS) is 30.3. The second-order valence-electron chi connectivity index (χ2n) is 6.43. The monoisotopic (exact) mass is 348 g/mol. The molecule has 1 aromatic carbocycles. The fourth-order valence-electron chi connectivity index (χ4n) is 3.50. The third kappa shape index (κ3) is 2.47. The standard InChI is InChI=1S/C15H17BN2O5S/c17-14(18)8-4-22-5-11(8)24-10-2-1-6-7-3-9(7)16(21)23-13(6)12(10)15(19)20/h1-2,7-9,11,21H,3-5H2,(H3,17,18)(H,19,20). The molecule has 0 spiro atoms. The molecule has 1 saturated heterocycles. The number of fused-ring (bicyclic) bond motifs is 3. The third-order valence-corrected chi connectivity index (χ3v) is 6.28. The summed E-state index contributed by atoms with van der Waals surface area (Å²) in [5.41, 5.74) is 6.55. The van der Waals surface area contributed by atoms with Gasteiger partial charge in [-0.1, -0.05) is 6.07 Å². The van der Waals surface area contributed by atoms with Crippen molar-refractivity contribution in [2.45, 2.75) is 28.3 Å². The van der Waals surface area contributed by atoms with Crippen molar-refractivity contribution in [2.75, 3.05) is 13.2 Å². The van der Waals surface area contributed by atoms with Crippen molar-refractivity contribution < 1.29 is 24.3 Å². The summed E-state index contributed by atoms with van der Waals surface area (Å²) >= 11 is 1.34. The lowest BCUT2D eigenvalue weighted by Gasteiger charge is -2.24. The molecule has 1 aromatic rings. The number of carboxylic acids is 1. The molecular weight excluding hydrogens is 331 g/mol. The quantitative estimate of drug-likeness (QED) is 0.365. The SMILES string of the molecule is N=C(N)C1COCC1Sc1ccc2c(c1C(=O)O)OB(O)C1CC21. The van der Waals surface area contributed by atoms with Crippen molar-refractivity contribution in [3.8, 4) is 5.75 Å². The number of aromatic carboxylic acids is 1. The first kappa shape index (κ1) is 15.8. The second-order valence-corrected chi connectivity index (χ2v) is 7.71. The Bertz CT molecular complexity index is 730. The Hall–Kier alpha value is -1.71. The van der Waals surface area contributed by atoms with Gasteiger partial charge in [-0.2, -0.15) is 0 Å². The first-order valence-electron chi connectivity index (χ1n) is 7.80. The summed E-state index contributed by atoms with van der Waals surface area (Å²) < 4.78 is 10.9. The lowest BCUT2D eigenvalue weighted by molar-refractivity contribution is 0.0690. The number of ether oxygens (including phenoxy) is 1. The average molecular weight is 348 g/mol. The van der Waals surface area contributed by atoms with E-state index in [9.17, 15) is 14.9 Å². The van der Waals surface area contributed by atoms with E-state index in [1.807, 2.05) is 6.07 Å². The number of carbonyl (C=O) groups is 1.